The fourth-order valence-corrected chi connectivity index (χ4v) is 2.64. The molecule has 2 rings (SSSR count). The van der Waals surface area contributed by atoms with E-state index in [2.05, 4.69) is 22.2 Å². The Morgan fingerprint density at radius 1 is 1.47 bits per heavy atom. The smallest absolute Gasteiger partial charge is 0.234 e. The number of nitrogens with zero attached hydrogens (tertiary/aromatic N) is 4. The van der Waals surface area contributed by atoms with Crippen molar-refractivity contribution in [2.45, 2.75) is 38.8 Å². The second kappa shape index (κ2) is 5.52. The van der Waals surface area contributed by atoms with Gasteiger partial charge in [0.2, 0.25) is 4.96 Å². The topological polar surface area (TPSA) is 78.3 Å². The molecule has 1 unspecified atom stereocenters. The molecule has 17 heavy (non-hydrogen) atoms. The summed E-state index contributed by atoms with van der Waals surface area (Å²) < 4.78 is 6.78. The lowest BCUT2D eigenvalue weighted by Gasteiger charge is -2.06. The van der Waals surface area contributed by atoms with Gasteiger partial charge in [-0.15, -0.1) is 10.2 Å². The maximum Gasteiger partial charge on any atom is 0.234 e. The Morgan fingerprint density at radius 3 is 3.00 bits per heavy atom. The lowest BCUT2D eigenvalue weighted by molar-refractivity contribution is 0.176. The van der Waals surface area contributed by atoms with Gasteiger partial charge in [-0.2, -0.15) is 9.61 Å². The highest BCUT2D eigenvalue weighted by Crippen LogP contribution is 2.16. The van der Waals surface area contributed by atoms with Crippen LogP contribution < -0.4 is 5.73 Å². The predicted molar refractivity (Wildman–Crippen MR) is 66.0 cm³/mol. The van der Waals surface area contributed by atoms with Gasteiger partial charge in [0.15, 0.2) is 5.82 Å². The zero-order valence-electron chi connectivity index (χ0n) is 10.1. The van der Waals surface area contributed by atoms with Crippen LogP contribution in [0.15, 0.2) is 0 Å². The second-order valence-electron chi connectivity index (χ2n) is 3.99. The SMILES string of the molecule is CCCC(N)Cc1nn2c(COC)nnc2s1. The van der Waals surface area contributed by atoms with Gasteiger partial charge in [0, 0.05) is 19.6 Å². The number of aromatic nitrogens is 4. The van der Waals surface area contributed by atoms with Gasteiger partial charge in [-0.1, -0.05) is 24.7 Å². The Labute approximate surface area is 104 Å². The minimum Gasteiger partial charge on any atom is -0.377 e. The van der Waals surface area contributed by atoms with Crippen molar-refractivity contribution in [3.8, 4) is 0 Å². The summed E-state index contributed by atoms with van der Waals surface area (Å²) in [5.41, 5.74) is 6.00. The average molecular weight is 255 g/mol. The summed E-state index contributed by atoms with van der Waals surface area (Å²) in [6.45, 7) is 2.56. The fraction of sp³-hybridized carbons (Fsp3) is 0.700. The molecule has 1 atom stereocenters. The third-order valence-corrected chi connectivity index (χ3v) is 3.39. The quantitative estimate of drug-likeness (QED) is 0.833. The molecule has 7 heteroatoms. The molecule has 6 nitrogen and oxygen atoms in total. The molecule has 2 N–H and O–H groups in total. The monoisotopic (exact) mass is 255 g/mol. The Balaban J connectivity index is 2.14. The molecule has 0 aromatic carbocycles. The highest BCUT2D eigenvalue weighted by Gasteiger charge is 2.13. The minimum atomic E-state index is 0.176. The summed E-state index contributed by atoms with van der Waals surface area (Å²) in [7, 11) is 1.63. The number of fused-ring (bicyclic) bond motifs is 1. The van der Waals surface area contributed by atoms with Crippen molar-refractivity contribution in [1.82, 2.24) is 19.8 Å². The van der Waals surface area contributed by atoms with Crippen LogP contribution in [0.5, 0.6) is 0 Å². The summed E-state index contributed by atoms with van der Waals surface area (Å²) in [6.07, 6.45) is 2.92. The van der Waals surface area contributed by atoms with Crippen LogP contribution in [0.4, 0.5) is 0 Å². The Hall–Kier alpha value is -1.05. The number of hydrogen-bond acceptors (Lipinski definition) is 6. The van der Waals surface area contributed by atoms with E-state index in [1.165, 1.54) is 0 Å². The molecule has 0 aliphatic rings. The van der Waals surface area contributed by atoms with Crippen LogP contribution in [0.25, 0.3) is 4.96 Å². The first kappa shape index (κ1) is 12.4. The average Bonchev–Trinajstić information content (AvgIpc) is 2.81. The highest BCUT2D eigenvalue weighted by molar-refractivity contribution is 7.16. The van der Waals surface area contributed by atoms with Crippen molar-refractivity contribution in [3.05, 3.63) is 10.8 Å². The van der Waals surface area contributed by atoms with Gasteiger partial charge in [-0.3, -0.25) is 0 Å². The van der Waals surface area contributed by atoms with Crippen molar-refractivity contribution in [2.24, 2.45) is 5.73 Å². The van der Waals surface area contributed by atoms with Gasteiger partial charge in [0.1, 0.15) is 11.6 Å². The third kappa shape index (κ3) is 2.80. The first-order chi connectivity index (χ1) is 8.24. The third-order valence-electron chi connectivity index (χ3n) is 2.47. The van der Waals surface area contributed by atoms with E-state index in [-0.39, 0.29) is 6.04 Å². The van der Waals surface area contributed by atoms with Crippen LogP contribution in [-0.4, -0.2) is 33.0 Å². The molecular weight excluding hydrogens is 238 g/mol. The lowest BCUT2D eigenvalue weighted by atomic mass is 10.1. The number of nitrogens with two attached hydrogens (primary N) is 1. The number of hydrogen-bond donors (Lipinski definition) is 1. The van der Waals surface area contributed by atoms with Crippen molar-refractivity contribution in [1.29, 1.82) is 0 Å². The summed E-state index contributed by atoms with van der Waals surface area (Å²) in [6, 6.07) is 0.176. The largest absolute Gasteiger partial charge is 0.377 e. The molecule has 0 saturated heterocycles. The van der Waals surface area contributed by atoms with Crippen LogP contribution in [0.1, 0.15) is 30.6 Å². The fourth-order valence-electron chi connectivity index (χ4n) is 1.70. The van der Waals surface area contributed by atoms with Gasteiger partial charge in [0.05, 0.1) is 0 Å². The molecule has 0 saturated carbocycles. The molecule has 0 spiro atoms. The molecule has 2 aromatic heterocycles. The first-order valence-electron chi connectivity index (χ1n) is 5.69. The maximum atomic E-state index is 6.00. The Bertz CT molecular complexity index is 480. The van der Waals surface area contributed by atoms with Crippen LogP contribution in [-0.2, 0) is 17.8 Å². The molecule has 0 radical (unpaired) electrons. The van der Waals surface area contributed by atoms with Gasteiger partial charge >= 0.3 is 0 Å². The van der Waals surface area contributed by atoms with Crippen LogP contribution in [0.2, 0.25) is 0 Å². The van der Waals surface area contributed by atoms with E-state index in [0.717, 1.165) is 35.1 Å². The highest BCUT2D eigenvalue weighted by atomic mass is 32.1. The van der Waals surface area contributed by atoms with E-state index >= 15 is 0 Å². The maximum absolute atomic E-state index is 6.00. The van der Waals surface area contributed by atoms with Gasteiger partial charge in [-0.05, 0) is 6.42 Å². The molecule has 2 heterocycles. The molecule has 0 amide bonds. The van der Waals surface area contributed by atoms with E-state index in [9.17, 15) is 0 Å². The van der Waals surface area contributed by atoms with Crippen molar-refractivity contribution < 1.29 is 4.74 Å². The normalized spacial score (nSPS) is 13.4. The van der Waals surface area contributed by atoms with Crippen LogP contribution >= 0.6 is 11.3 Å². The number of rotatable bonds is 6. The zero-order valence-corrected chi connectivity index (χ0v) is 10.9. The molecule has 0 fully saturated rings. The molecule has 94 valence electrons. The van der Waals surface area contributed by atoms with Crippen LogP contribution in [0.3, 0.4) is 0 Å². The van der Waals surface area contributed by atoms with Crippen molar-refractivity contribution in [2.75, 3.05) is 7.11 Å². The number of methoxy groups -OCH3 is 1. The lowest BCUT2D eigenvalue weighted by Crippen LogP contribution is -2.22. The van der Waals surface area contributed by atoms with E-state index < -0.39 is 0 Å². The van der Waals surface area contributed by atoms with E-state index in [1.54, 1.807) is 23.0 Å². The Morgan fingerprint density at radius 2 is 2.29 bits per heavy atom. The summed E-state index contributed by atoms with van der Waals surface area (Å²) in [4.78, 5) is 0.802. The molecule has 0 aliphatic carbocycles. The minimum absolute atomic E-state index is 0.176. The van der Waals surface area contributed by atoms with Crippen molar-refractivity contribution in [3.63, 3.8) is 0 Å². The summed E-state index contributed by atoms with van der Waals surface area (Å²) in [5, 5.41) is 13.5. The van der Waals surface area contributed by atoms with E-state index in [4.69, 9.17) is 10.5 Å². The van der Waals surface area contributed by atoms with Crippen molar-refractivity contribution >= 4 is 16.3 Å². The molecule has 0 bridgehead atoms. The summed E-state index contributed by atoms with van der Waals surface area (Å²) >= 11 is 1.54. The predicted octanol–water partition coefficient (Wildman–Crippen LogP) is 1.00. The van der Waals surface area contributed by atoms with Gasteiger partial charge in [0.25, 0.3) is 0 Å². The second-order valence-corrected chi connectivity index (χ2v) is 5.03. The first-order valence-corrected chi connectivity index (χ1v) is 6.50. The zero-order chi connectivity index (χ0) is 12.3. The molecule has 0 aliphatic heterocycles. The van der Waals surface area contributed by atoms with Gasteiger partial charge in [-0.25, -0.2) is 0 Å². The standard InChI is InChI=1S/C10H17N5OS/c1-3-4-7(11)5-9-14-15-8(6-16-2)12-13-10(15)17-9/h7H,3-6,11H2,1-2H3. The van der Waals surface area contributed by atoms with Crippen LogP contribution in [0, 0.1) is 0 Å². The number of ether oxygens (including phenoxy) is 1. The summed E-state index contributed by atoms with van der Waals surface area (Å²) in [5.74, 6) is 0.731. The molecular formula is C10H17N5OS. The Kier molecular flexibility index (Phi) is 4.03. The van der Waals surface area contributed by atoms with E-state index in [0.29, 0.717) is 6.61 Å². The van der Waals surface area contributed by atoms with E-state index in [1.807, 2.05) is 0 Å². The molecule has 2 aromatic rings. The van der Waals surface area contributed by atoms with Gasteiger partial charge < -0.3 is 10.5 Å².